The summed E-state index contributed by atoms with van der Waals surface area (Å²) in [4.78, 5) is 25.5. The molecule has 1 unspecified atom stereocenters. The van der Waals surface area contributed by atoms with Gasteiger partial charge in [0.25, 0.3) is 0 Å². The first-order valence-electron chi connectivity index (χ1n) is 7.90. The third-order valence-corrected chi connectivity index (χ3v) is 4.67. The van der Waals surface area contributed by atoms with Crippen molar-refractivity contribution in [3.63, 3.8) is 0 Å². The predicted octanol–water partition coefficient (Wildman–Crippen LogP) is 0.893. The van der Waals surface area contributed by atoms with Crippen molar-refractivity contribution in [2.75, 3.05) is 26.7 Å². The van der Waals surface area contributed by atoms with Crippen molar-refractivity contribution in [3.05, 3.63) is 0 Å². The van der Waals surface area contributed by atoms with Crippen LogP contribution in [0.5, 0.6) is 0 Å². The molecule has 5 nitrogen and oxygen atoms in total. The van der Waals surface area contributed by atoms with Crippen LogP contribution in [0.1, 0.15) is 44.9 Å². The molecule has 1 heterocycles. The van der Waals surface area contributed by atoms with Crippen molar-refractivity contribution in [3.8, 4) is 0 Å². The number of amides is 2. The normalized spacial score (nSPS) is 22.9. The molecule has 2 amide bonds. The Morgan fingerprint density at radius 1 is 1.25 bits per heavy atom. The summed E-state index contributed by atoms with van der Waals surface area (Å²) in [6.07, 6.45) is 7.69. The van der Waals surface area contributed by atoms with Crippen molar-refractivity contribution in [2.24, 2.45) is 5.92 Å². The molecule has 0 aromatic rings. The first kappa shape index (κ1) is 15.3. The number of nitrogens with one attached hydrogen (secondary N) is 2. The van der Waals surface area contributed by atoms with E-state index in [0.717, 1.165) is 31.8 Å². The van der Waals surface area contributed by atoms with Crippen molar-refractivity contribution in [1.29, 1.82) is 0 Å². The molecule has 1 aliphatic carbocycles. The van der Waals surface area contributed by atoms with E-state index < -0.39 is 0 Å². The minimum atomic E-state index is 0.00733. The van der Waals surface area contributed by atoms with Gasteiger partial charge in [-0.15, -0.1) is 0 Å². The Kier molecular flexibility index (Phi) is 5.83. The molecule has 0 spiro atoms. The van der Waals surface area contributed by atoms with Gasteiger partial charge in [-0.25, -0.2) is 0 Å². The summed E-state index contributed by atoms with van der Waals surface area (Å²) in [6, 6.07) is 0.276. The first-order chi connectivity index (χ1) is 9.66. The van der Waals surface area contributed by atoms with Gasteiger partial charge in [-0.1, -0.05) is 25.7 Å². The summed E-state index contributed by atoms with van der Waals surface area (Å²) < 4.78 is 0. The Balaban J connectivity index is 1.60. The summed E-state index contributed by atoms with van der Waals surface area (Å²) in [5.41, 5.74) is 0. The standard InChI is InChI=1S/C15H27N3O2/c1-18(13-8-9-16-10-13)15(20)11-17-14(19)7-6-12-4-2-3-5-12/h12-13,16H,2-11H2,1H3,(H,17,19). The van der Waals surface area contributed by atoms with Gasteiger partial charge in [0, 0.05) is 26.1 Å². The maximum atomic E-state index is 12.0. The molecule has 20 heavy (non-hydrogen) atoms. The van der Waals surface area contributed by atoms with Crippen LogP contribution in [0.3, 0.4) is 0 Å². The number of carbonyl (C=O) groups is 2. The van der Waals surface area contributed by atoms with Crippen LogP contribution in [-0.2, 0) is 9.59 Å². The van der Waals surface area contributed by atoms with Crippen LogP contribution in [0.25, 0.3) is 0 Å². The fraction of sp³-hybridized carbons (Fsp3) is 0.867. The molecule has 5 heteroatoms. The number of hydrogen-bond acceptors (Lipinski definition) is 3. The van der Waals surface area contributed by atoms with Gasteiger partial charge in [-0.05, 0) is 25.3 Å². The van der Waals surface area contributed by atoms with E-state index in [1.807, 2.05) is 7.05 Å². The molecule has 2 N–H and O–H groups in total. The molecule has 2 fully saturated rings. The average molecular weight is 281 g/mol. The van der Waals surface area contributed by atoms with Gasteiger partial charge in [-0.2, -0.15) is 0 Å². The maximum Gasteiger partial charge on any atom is 0.242 e. The van der Waals surface area contributed by atoms with E-state index >= 15 is 0 Å². The Morgan fingerprint density at radius 2 is 2.00 bits per heavy atom. The maximum absolute atomic E-state index is 12.0. The zero-order chi connectivity index (χ0) is 14.4. The Hall–Kier alpha value is -1.10. The zero-order valence-corrected chi connectivity index (χ0v) is 12.5. The van der Waals surface area contributed by atoms with Crippen LogP contribution in [0.2, 0.25) is 0 Å². The van der Waals surface area contributed by atoms with E-state index in [1.54, 1.807) is 4.90 Å². The summed E-state index contributed by atoms with van der Waals surface area (Å²) in [6.45, 7) is 1.96. The van der Waals surface area contributed by atoms with Crippen LogP contribution in [0, 0.1) is 5.92 Å². The van der Waals surface area contributed by atoms with E-state index in [0.29, 0.717) is 6.42 Å². The van der Waals surface area contributed by atoms with Gasteiger partial charge in [-0.3, -0.25) is 9.59 Å². The molecule has 2 rings (SSSR count). The summed E-state index contributed by atoms with van der Waals surface area (Å²) in [7, 11) is 1.82. The lowest BCUT2D eigenvalue weighted by Gasteiger charge is -2.23. The third kappa shape index (κ3) is 4.47. The molecule has 1 atom stereocenters. The highest BCUT2D eigenvalue weighted by atomic mass is 16.2. The number of nitrogens with zero attached hydrogens (tertiary/aromatic N) is 1. The SMILES string of the molecule is CN(C(=O)CNC(=O)CCC1CCCC1)C1CCNC1. The van der Waals surface area contributed by atoms with Gasteiger partial charge < -0.3 is 15.5 Å². The molecule has 1 aliphatic heterocycles. The molecule has 0 radical (unpaired) electrons. The molecule has 1 saturated carbocycles. The summed E-state index contributed by atoms with van der Waals surface area (Å²) in [5.74, 6) is 0.750. The minimum absolute atomic E-state index is 0.00733. The lowest BCUT2D eigenvalue weighted by Crippen LogP contribution is -2.44. The van der Waals surface area contributed by atoms with Crippen LogP contribution >= 0.6 is 0 Å². The molecule has 0 aromatic heterocycles. The van der Waals surface area contributed by atoms with E-state index in [4.69, 9.17) is 0 Å². The second-order valence-corrected chi connectivity index (χ2v) is 6.12. The second kappa shape index (κ2) is 7.62. The topological polar surface area (TPSA) is 61.4 Å². The fourth-order valence-electron chi connectivity index (χ4n) is 3.20. The smallest absolute Gasteiger partial charge is 0.242 e. The van der Waals surface area contributed by atoms with Gasteiger partial charge in [0.2, 0.25) is 11.8 Å². The molecule has 0 aromatic carbocycles. The van der Waals surface area contributed by atoms with E-state index in [2.05, 4.69) is 10.6 Å². The van der Waals surface area contributed by atoms with Gasteiger partial charge in [0.15, 0.2) is 0 Å². The van der Waals surface area contributed by atoms with E-state index in [9.17, 15) is 9.59 Å². The highest BCUT2D eigenvalue weighted by Gasteiger charge is 2.23. The molecule has 0 bridgehead atoms. The zero-order valence-electron chi connectivity index (χ0n) is 12.5. The monoisotopic (exact) mass is 281 g/mol. The highest BCUT2D eigenvalue weighted by molar-refractivity contribution is 5.84. The van der Waals surface area contributed by atoms with E-state index in [1.165, 1.54) is 25.7 Å². The van der Waals surface area contributed by atoms with Gasteiger partial charge in [0.05, 0.1) is 6.54 Å². The van der Waals surface area contributed by atoms with E-state index in [-0.39, 0.29) is 24.4 Å². The molecule has 114 valence electrons. The predicted molar refractivity (Wildman–Crippen MR) is 78.2 cm³/mol. The minimum Gasteiger partial charge on any atom is -0.347 e. The molecule has 2 aliphatic rings. The Morgan fingerprint density at radius 3 is 2.65 bits per heavy atom. The summed E-state index contributed by atoms with van der Waals surface area (Å²) >= 11 is 0. The Labute approximate surface area is 121 Å². The Bertz CT molecular complexity index is 334. The van der Waals surface area contributed by atoms with Crippen LogP contribution in [0.15, 0.2) is 0 Å². The third-order valence-electron chi connectivity index (χ3n) is 4.67. The van der Waals surface area contributed by atoms with Crippen LogP contribution < -0.4 is 10.6 Å². The molecular weight excluding hydrogens is 254 g/mol. The van der Waals surface area contributed by atoms with Crippen molar-refractivity contribution >= 4 is 11.8 Å². The molecular formula is C15H27N3O2. The number of carbonyl (C=O) groups excluding carboxylic acids is 2. The van der Waals surface area contributed by atoms with Gasteiger partial charge in [0.1, 0.15) is 0 Å². The van der Waals surface area contributed by atoms with Gasteiger partial charge >= 0.3 is 0 Å². The van der Waals surface area contributed by atoms with Crippen LogP contribution in [0.4, 0.5) is 0 Å². The quantitative estimate of drug-likeness (QED) is 0.760. The number of rotatable bonds is 6. The average Bonchev–Trinajstić information content (AvgIpc) is 3.13. The lowest BCUT2D eigenvalue weighted by atomic mass is 10.0. The van der Waals surface area contributed by atoms with Crippen molar-refractivity contribution in [2.45, 2.75) is 51.0 Å². The lowest BCUT2D eigenvalue weighted by molar-refractivity contribution is -0.133. The van der Waals surface area contributed by atoms with Crippen molar-refractivity contribution < 1.29 is 9.59 Å². The molecule has 1 saturated heterocycles. The van der Waals surface area contributed by atoms with Crippen LogP contribution in [-0.4, -0.2) is 49.4 Å². The number of hydrogen-bond donors (Lipinski definition) is 2. The van der Waals surface area contributed by atoms with Crippen molar-refractivity contribution in [1.82, 2.24) is 15.5 Å². The second-order valence-electron chi connectivity index (χ2n) is 6.12. The highest BCUT2D eigenvalue weighted by Crippen LogP contribution is 2.28. The largest absolute Gasteiger partial charge is 0.347 e. The first-order valence-corrected chi connectivity index (χ1v) is 7.90. The summed E-state index contributed by atoms with van der Waals surface area (Å²) in [5, 5.41) is 6.00. The number of likely N-dealkylation sites (N-methyl/N-ethyl adjacent to an activating group) is 1. The fourth-order valence-corrected chi connectivity index (χ4v) is 3.20.